The van der Waals surface area contributed by atoms with Crippen LogP contribution in [-0.2, 0) is 9.59 Å². The van der Waals surface area contributed by atoms with Crippen molar-refractivity contribution in [3.63, 3.8) is 0 Å². The lowest BCUT2D eigenvalue weighted by atomic mass is 9.99. The van der Waals surface area contributed by atoms with E-state index in [4.69, 9.17) is 17.0 Å². The van der Waals surface area contributed by atoms with Gasteiger partial charge in [0.25, 0.3) is 5.91 Å². The van der Waals surface area contributed by atoms with Crippen molar-refractivity contribution < 1.29 is 14.3 Å². The van der Waals surface area contributed by atoms with Crippen LogP contribution < -0.4 is 4.74 Å². The van der Waals surface area contributed by atoms with Gasteiger partial charge in [0.15, 0.2) is 0 Å². The van der Waals surface area contributed by atoms with E-state index in [-0.39, 0.29) is 11.8 Å². The summed E-state index contributed by atoms with van der Waals surface area (Å²) in [5.41, 5.74) is 0.898. The molecule has 3 rings (SSSR count). The predicted molar refractivity (Wildman–Crippen MR) is 117 cm³/mol. The molecule has 0 aliphatic carbocycles. The Kier molecular flexibility index (Phi) is 7.13. The van der Waals surface area contributed by atoms with Gasteiger partial charge in [-0.05, 0) is 49.0 Å². The Hall–Kier alpha value is -1.86. The first-order valence-corrected chi connectivity index (χ1v) is 10.9. The van der Waals surface area contributed by atoms with Crippen LogP contribution >= 0.6 is 24.0 Å². The number of carbonyl (C=O) groups is 2. The maximum atomic E-state index is 12.7. The molecule has 0 aromatic heterocycles. The Balaban J connectivity index is 1.53. The number of hydrogen-bond acceptors (Lipinski definition) is 5. The van der Waals surface area contributed by atoms with Crippen LogP contribution in [0.4, 0.5) is 0 Å². The molecule has 2 heterocycles. The summed E-state index contributed by atoms with van der Waals surface area (Å²) in [6, 6.07) is 7.55. The highest BCUT2D eigenvalue weighted by molar-refractivity contribution is 8.26. The van der Waals surface area contributed by atoms with Gasteiger partial charge in [0.1, 0.15) is 10.1 Å². The van der Waals surface area contributed by atoms with Crippen molar-refractivity contribution in [1.29, 1.82) is 0 Å². The summed E-state index contributed by atoms with van der Waals surface area (Å²) < 4.78 is 5.78. The van der Waals surface area contributed by atoms with Gasteiger partial charge in [-0.15, -0.1) is 0 Å². The van der Waals surface area contributed by atoms with Crippen LogP contribution in [0.1, 0.15) is 38.2 Å². The fourth-order valence-corrected chi connectivity index (χ4v) is 4.69. The minimum absolute atomic E-state index is 0.0860. The lowest BCUT2D eigenvalue weighted by Gasteiger charge is -2.30. The van der Waals surface area contributed by atoms with E-state index in [0.29, 0.717) is 34.5 Å². The van der Waals surface area contributed by atoms with Crippen LogP contribution in [0.5, 0.6) is 5.75 Å². The van der Waals surface area contributed by atoms with Crippen LogP contribution in [0.15, 0.2) is 29.2 Å². The number of ether oxygens (including phenoxy) is 1. The van der Waals surface area contributed by atoms with Crippen LogP contribution in [0.3, 0.4) is 0 Å². The number of benzene rings is 1. The highest BCUT2D eigenvalue weighted by Crippen LogP contribution is 2.33. The fraction of sp³-hybridized carbons (Fsp3) is 0.476. The molecule has 0 spiro atoms. The molecule has 2 aliphatic heterocycles. The van der Waals surface area contributed by atoms with Gasteiger partial charge < -0.3 is 9.64 Å². The quantitative estimate of drug-likeness (QED) is 0.517. The number of hydrogen-bond donors (Lipinski definition) is 0. The van der Waals surface area contributed by atoms with E-state index < -0.39 is 0 Å². The highest BCUT2D eigenvalue weighted by atomic mass is 32.2. The van der Waals surface area contributed by atoms with E-state index in [0.717, 1.165) is 37.2 Å². The summed E-state index contributed by atoms with van der Waals surface area (Å²) in [4.78, 5) is 29.2. The fourth-order valence-electron chi connectivity index (χ4n) is 3.38. The van der Waals surface area contributed by atoms with Crippen LogP contribution in [-0.4, -0.2) is 52.7 Å². The highest BCUT2D eigenvalue weighted by Gasteiger charge is 2.32. The van der Waals surface area contributed by atoms with Crippen molar-refractivity contribution in [3.05, 3.63) is 34.7 Å². The molecule has 0 atom stereocenters. The number of rotatable bonds is 6. The zero-order valence-corrected chi connectivity index (χ0v) is 18.0. The van der Waals surface area contributed by atoms with Gasteiger partial charge in [-0.2, -0.15) is 0 Å². The van der Waals surface area contributed by atoms with Crippen molar-refractivity contribution in [2.45, 2.75) is 32.6 Å². The van der Waals surface area contributed by atoms with Gasteiger partial charge in [-0.1, -0.05) is 43.0 Å². The number of amides is 2. The van der Waals surface area contributed by atoms with Crippen molar-refractivity contribution in [2.75, 3.05) is 26.7 Å². The van der Waals surface area contributed by atoms with Gasteiger partial charge in [-0.25, -0.2) is 0 Å². The summed E-state index contributed by atoms with van der Waals surface area (Å²) in [5, 5.41) is 0. The molecule has 2 fully saturated rings. The Morgan fingerprint density at radius 3 is 2.82 bits per heavy atom. The summed E-state index contributed by atoms with van der Waals surface area (Å²) in [6.45, 7) is 4.42. The summed E-state index contributed by atoms with van der Waals surface area (Å²) in [7, 11) is 1.62. The van der Waals surface area contributed by atoms with Crippen LogP contribution in [0, 0.1) is 5.92 Å². The Labute approximate surface area is 176 Å². The predicted octanol–water partition coefficient (Wildman–Crippen LogP) is 3.94. The number of nitrogens with zero attached hydrogens (tertiary/aromatic N) is 2. The third-order valence-corrected chi connectivity index (χ3v) is 6.55. The van der Waals surface area contributed by atoms with Gasteiger partial charge in [0.05, 0.1) is 12.0 Å². The van der Waals surface area contributed by atoms with Gasteiger partial charge >= 0.3 is 0 Å². The van der Waals surface area contributed by atoms with Gasteiger partial charge in [0.2, 0.25) is 5.91 Å². The molecule has 5 nitrogen and oxygen atoms in total. The molecular weight excluding hydrogens is 392 g/mol. The van der Waals surface area contributed by atoms with E-state index in [1.165, 1.54) is 11.8 Å². The summed E-state index contributed by atoms with van der Waals surface area (Å²) >= 11 is 6.69. The molecule has 0 bridgehead atoms. The molecule has 2 amide bonds. The first-order chi connectivity index (χ1) is 13.5. The minimum atomic E-state index is -0.0860. The molecule has 2 aliphatic rings. The Bertz CT molecular complexity index is 786. The number of likely N-dealkylation sites (tertiary alicyclic amines) is 1. The topological polar surface area (TPSA) is 49.9 Å². The van der Waals surface area contributed by atoms with E-state index in [1.807, 2.05) is 35.2 Å². The first kappa shape index (κ1) is 20.9. The SMILES string of the molecule is COc1cccc(C=C2SC(=S)N(CCCC(=O)N3CCC(C)CC3)C2=O)c1. The van der Waals surface area contributed by atoms with E-state index >= 15 is 0 Å². The third-order valence-electron chi connectivity index (χ3n) is 5.17. The maximum Gasteiger partial charge on any atom is 0.266 e. The average molecular weight is 419 g/mol. The molecule has 0 unspecified atom stereocenters. The minimum Gasteiger partial charge on any atom is -0.497 e. The molecule has 0 N–H and O–H groups in total. The first-order valence-electron chi connectivity index (χ1n) is 9.65. The molecule has 0 radical (unpaired) electrons. The third kappa shape index (κ3) is 5.14. The molecule has 1 aromatic rings. The summed E-state index contributed by atoms with van der Waals surface area (Å²) in [6.07, 6.45) is 5.08. The Morgan fingerprint density at radius 2 is 2.11 bits per heavy atom. The zero-order valence-electron chi connectivity index (χ0n) is 16.3. The second kappa shape index (κ2) is 9.56. The second-order valence-electron chi connectivity index (χ2n) is 7.28. The maximum absolute atomic E-state index is 12.7. The van der Waals surface area contributed by atoms with Crippen LogP contribution in [0.25, 0.3) is 6.08 Å². The lowest BCUT2D eigenvalue weighted by Crippen LogP contribution is -2.38. The van der Waals surface area contributed by atoms with Crippen molar-refractivity contribution in [2.24, 2.45) is 5.92 Å². The lowest BCUT2D eigenvalue weighted by molar-refractivity contribution is -0.133. The van der Waals surface area contributed by atoms with Crippen molar-refractivity contribution in [3.8, 4) is 5.75 Å². The number of piperidine rings is 1. The van der Waals surface area contributed by atoms with Crippen molar-refractivity contribution >= 4 is 46.2 Å². The molecule has 7 heteroatoms. The van der Waals surface area contributed by atoms with Gasteiger partial charge in [0, 0.05) is 26.1 Å². The molecular formula is C21H26N2O3S2. The number of thioether (sulfide) groups is 1. The number of carbonyl (C=O) groups excluding carboxylic acids is 2. The van der Waals surface area contributed by atoms with Crippen LogP contribution in [0.2, 0.25) is 0 Å². The molecule has 2 saturated heterocycles. The standard InChI is InChI=1S/C21H26N2O3S2/c1-15-8-11-22(12-9-15)19(24)7-4-10-23-20(25)18(28-21(23)27)14-16-5-3-6-17(13-16)26-2/h3,5-6,13-15H,4,7-12H2,1-2H3. The van der Waals surface area contributed by atoms with Gasteiger partial charge in [-0.3, -0.25) is 14.5 Å². The largest absolute Gasteiger partial charge is 0.497 e. The van der Waals surface area contributed by atoms with E-state index in [2.05, 4.69) is 6.92 Å². The monoisotopic (exact) mass is 418 g/mol. The van der Waals surface area contributed by atoms with Crippen molar-refractivity contribution in [1.82, 2.24) is 9.80 Å². The number of methoxy groups -OCH3 is 1. The zero-order chi connectivity index (χ0) is 20.1. The van der Waals surface area contributed by atoms with E-state index in [9.17, 15) is 9.59 Å². The van der Waals surface area contributed by atoms with E-state index in [1.54, 1.807) is 12.0 Å². The second-order valence-corrected chi connectivity index (χ2v) is 8.95. The molecule has 150 valence electrons. The normalized spacial score (nSPS) is 19.6. The molecule has 28 heavy (non-hydrogen) atoms. The number of thiocarbonyl (C=S) groups is 1. The summed E-state index contributed by atoms with van der Waals surface area (Å²) in [5.74, 6) is 1.55. The smallest absolute Gasteiger partial charge is 0.266 e. The molecule has 0 saturated carbocycles. The average Bonchev–Trinajstić information content (AvgIpc) is 2.96. The molecule has 1 aromatic carbocycles. The Morgan fingerprint density at radius 1 is 1.36 bits per heavy atom.